The first kappa shape index (κ1) is 11.5. The van der Waals surface area contributed by atoms with Crippen molar-refractivity contribution in [2.75, 3.05) is 0 Å². The highest BCUT2D eigenvalue weighted by molar-refractivity contribution is 14.1. The summed E-state index contributed by atoms with van der Waals surface area (Å²) < 4.78 is 1.16. The summed E-state index contributed by atoms with van der Waals surface area (Å²) in [7, 11) is 0. The lowest BCUT2D eigenvalue weighted by Crippen LogP contribution is -1.98. The minimum absolute atomic E-state index is 0.441. The van der Waals surface area contributed by atoms with Crippen LogP contribution in [0.5, 0.6) is 0 Å². The summed E-state index contributed by atoms with van der Waals surface area (Å²) in [4.78, 5) is 0. The van der Waals surface area contributed by atoms with E-state index in [9.17, 15) is 5.11 Å². The van der Waals surface area contributed by atoms with Crippen LogP contribution in [0.2, 0.25) is 0 Å². The zero-order valence-electron chi connectivity index (χ0n) is 7.86. The third kappa shape index (κ3) is 3.64. The van der Waals surface area contributed by atoms with Crippen LogP contribution in [0.4, 0.5) is 0 Å². The van der Waals surface area contributed by atoms with Crippen molar-refractivity contribution in [1.29, 1.82) is 0 Å². The van der Waals surface area contributed by atoms with Crippen LogP contribution in [-0.4, -0.2) is 11.2 Å². The second-order valence-electron chi connectivity index (χ2n) is 2.96. The Morgan fingerprint density at radius 2 is 2.07 bits per heavy atom. The van der Waals surface area contributed by atoms with Crippen molar-refractivity contribution in [2.24, 2.45) is 0 Å². The van der Waals surface area contributed by atoms with E-state index < -0.39 is 6.10 Å². The van der Waals surface area contributed by atoms with Crippen LogP contribution < -0.4 is 0 Å². The number of aliphatic hydroxyl groups is 1. The molecule has 0 aliphatic carbocycles. The molecule has 1 unspecified atom stereocenters. The monoisotopic (exact) mass is 300 g/mol. The van der Waals surface area contributed by atoms with Gasteiger partial charge in [0.2, 0.25) is 0 Å². The van der Waals surface area contributed by atoms with Crippen molar-refractivity contribution in [2.45, 2.75) is 12.5 Å². The SMILES string of the molecule is C=CC(O)C/C=C(\I)c1ccccc1. The van der Waals surface area contributed by atoms with Crippen LogP contribution in [0.3, 0.4) is 0 Å². The number of aliphatic hydroxyl groups excluding tert-OH is 1. The van der Waals surface area contributed by atoms with E-state index in [-0.39, 0.29) is 0 Å². The number of rotatable bonds is 4. The molecule has 0 heterocycles. The minimum atomic E-state index is -0.441. The van der Waals surface area contributed by atoms with Gasteiger partial charge in [0.25, 0.3) is 0 Å². The van der Waals surface area contributed by atoms with Gasteiger partial charge in [0.1, 0.15) is 0 Å². The number of hydrogen-bond donors (Lipinski definition) is 1. The van der Waals surface area contributed by atoms with Crippen molar-refractivity contribution < 1.29 is 5.11 Å². The third-order valence-corrected chi connectivity index (χ3v) is 2.92. The maximum Gasteiger partial charge on any atom is 0.0753 e. The van der Waals surface area contributed by atoms with E-state index in [2.05, 4.69) is 41.3 Å². The molecule has 0 fully saturated rings. The molecular weight excluding hydrogens is 287 g/mol. The van der Waals surface area contributed by atoms with Gasteiger partial charge in [-0.05, 0) is 34.6 Å². The molecule has 2 heteroatoms. The predicted octanol–water partition coefficient (Wildman–Crippen LogP) is 3.40. The fourth-order valence-electron chi connectivity index (χ4n) is 1.04. The van der Waals surface area contributed by atoms with Gasteiger partial charge in [0, 0.05) is 3.58 Å². The summed E-state index contributed by atoms with van der Waals surface area (Å²) in [5.74, 6) is 0. The molecule has 0 saturated carbocycles. The first-order valence-electron chi connectivity index (χ1n) is 4.45. The van der Waals surface area contributed by atoms with Gasteiger partial charge in [0.05, 0.1) is 6.10 Å². The average molecular weight is 300 g/mol. The number of hydrogen-bond acceptors (Lipinski definition) is 1. The van der Waals surface area contributed by atoms with Gasteiger partial charge >= 0.3 is 0 Å². The molecule has 1 nitrogen and oxygen atoms in total. The first-order valence-corrected chi connectivity index (χ1v) is 5.53. The standard InChI is InChI=1S/C12H13IO/c1-2-11(14)8-9-12(13)10-6-4-3-5-7-10/h2-7,9,11,14H,1,8H2/b12-9-. The van der Waals surface area contributed by atoms with Crippen molar-refractivity contribution in [1.82, 2.24) is 0 Å². The van der Waals surface area contributed by atoms with Crippen LogP contribution in [0.25, 0.3) is 3.58 Å². The van der Waals surface area contributed by atoms with E-state index in [0.717, 1.165) is 3.58 Å². The summed E-state index contributed by atoms with van der Waals surface area (Å²) in [5.41, 5.74) is 1.18. The average Bonchev–Trinajstić information content (AvgIpc) is 2.26. The lowest BCUT2D eigenvalue weighted by atomic mass is 10.1. The Bertz CT molecular complexity index is 316. The molecule has 0 saturated heterocycles. The van der Waals surface area contributed by atoms with E-state index in [0.29, 0.717) is 6.42 Å². The number of halogens is 1. The van der Waals surface area contributed by atoms with Gasteiger partial charge in [-0.2, -0.15) is 0 Å². The van der Waals surface area contributed by atoms with Crippen molar-refractivity contribution in [3.05, 3.63) is 54.6 Å². The molecule has 1 N–H and O–H groups in total. The fraction of sp³-hybridized carbons (Fsp3) is 0.167. The third-order valence-electron chi connectivity index (χ3n) is 1.86. The van der Waals surface area contributed by atoms with E-state index in [1.807, 2.05) is 24.3 Å². The van der Waals surface area contributed by atoms with Gasteiger partial charge < -0.3 is 5.11 Å². The fourth-order valence-corrected chi connectivity index (χ4v) is 1.65. The smallest absolute Gasteiger partial charge is 0.0753 e. The van der Waals surface area contributed by atoms with E-state index >= 15 is 0 Å². The molecule has 0 amide bonds. The molecule has 0 aliphatic heterocycles. The van der Waals surface area contributed by atoms with Gasteiger partial charge in [-0.25, -0.2) is 0 Å². The molecule has 1 aromatic rings. The molecule has 0 aromatic heterocycles. The zero-order chi connectivity index (χ0) is 10.4. The van der Waals surface area contributed by atoms with Crippen molar-refractivity contribution in [3.63, 3.8) is 0 Å². The predicted molar refractivity (Wildman–Crippen MR) is 69.3 cm³/mol. The Morgan fingerprint density at radius 1 is 1.43 bits per heavy atom. The molecule has 0 radical (unpaired) electrons. The van der Waals surface area contributed by atoms with E-state index in [4.69, 9.17) is 0 Å². The van der Waals surface area contributed by atoms with Crippen LogP contribution in [0.1, 0.15) is 12.0 Å². The second-order valence-corrected chi connectivity index (χ2v) is 4.12. The highest BCUT2D eigenvalue weighted by Gasteiger charge is 1.98. The summed E-state index contributed by atoms with van der Waals surface area (Å²) in [6, 6.07) is 10.1. The Hall–Kier alpha value is -0.610. The van der Waals surface area contributed by atoms with Crippen molar-refractivity contribution >= 4 is 26.2 Å². The molecule has 1 atom stereocenters. The van der Waals surface area contributed by atoms with E-state index in [1.54, 1.807) is 6.08 Å². The lowest BCUT2D eigenvalue weighted by Gasteiger charge is -2.02. The molecule has 0 spiro atoms. The topological polar surface area (TPSA) is 20.2 Å². The summed E-state index contributed by atoms with van der Waals surface area (Å²) in [6.07, 6.45) is 3.74. The van der Waals surface area contributed by atoms with Crippen LogP contribution in [-0.2, 0) is 0 Å². The Kier molecular flexibility index (Phi) is 4.90. The normalized spacial score (nSPS) is 13.7. The van der Waals surface area contributed by atoms with Crippen LogP contribution >= 0.6 is 22.6 Å². The maximum absolute atomic E-state index is 9.29. The lowest BCUT2D eigenvalue weighted by molar-refractivity contribution is 0.227. The summed E-state index contributed by atoms with van der Waals surface area (Å²) in [5, 5.41) is 9.29. The van der Waals surface area contributed by atoms with Gasteiger partial charge in [-0.3, -0.25) is 0 Å². The molecular formula is C12H13IO. The summed E-state index contributed by atoms with van der Waals surface area (Å²) in [6.45, 7) is 3.53. The Balaban J connectivity index is 2.66. The maximum atomic E-state index is 9.29. The zero-order valence-corrected chi connectivity index (χ0v) is 10.0. The van der Waals surface area contributed by atoms with Crippen LogP contribution in [0.15, 0.2) is 49.1 Å². The molecule has 0 bridgehead atoms. The Morgan fingerprint density at radius 3 is 2.64 bits per heavy atom. The minimum Gasteiger partial charge on any atom is -0.389 e. The highest BCUT2D eigenvalue weighted by Crippen LogP contribution is 2.22. The molecule has 14 heavy (non-hydrogen) atoms. The second kappa shape index (κ2) is 5.98. The van der Waals surface area contributed by atoms with Gasteiger partial charge in [0.15, 0.2) is 0 Å². The summed E-state index contributed by atoms with van der Waals surface area (Å²) >= 11 is 2.27. The Labute approximate surface area is 98.3 Å². The number of benzene rings is 1. The quantitative estimate of drug-likeness (QED) is 0.667. The molecule has 0 aliphatic rings. The van der Waals surface area contributed by atoms with Crippen molar-refractivity contribution in [3.8, 4) is 0 Å². The largest absolute Gasteiger partial charge is 0.389 e. The first-order chi connectivity index (χ1) is 6.74. The molecule has 74 valence electrons. The van der Waals surface area contributed by atoms with Gasteiger partial charge in [-0.1, -0.05) is 42.5 Å². The molecule has 1 rings (SSSR count). The van der Waals surface area contributed by atoms with E-state index in [1.165, 1.54) is 5.56 Å². The van der Waals surface area contributed by atoms with Crippen LogP contribution in [0, 0.1) is 0 Å². The van der Waals surface area contributed by atoms with Gasteiger partial charge in [-0.15, -0.1) is 6.58 Å². The molecule has 1 aromatic carbocycles. The highest BCUT2D eigenvalue weighted by atomic mass is 127.